The third kappa shape index (κ3) is 4.25. The van der Waals surface area contributed by atoms with Gasteiger partial charge in [-0.3, -0.25) is 4.79 Å². The van der Waals surface area contributed by atoms with Crippen LogP contribution in [0.2, 0.25) is 0 Å². The second-order valence-corrected chi connectivity index (χ2v) is 7.90. The molecule has 0 radical (unpaired) electrons. The van der Waals surface area contributed by atoms with Crippen LogP contribution in [0, 0.1) is 30.6 Å². The number of rotatable bonds is 6. The Morgan fingerprint density at radius 2 is 2.07 bits per heavy atom. The molecule has 3 rings (SSSR count). The summed E-state index contributed by atoms with van der Waals surface area (Å²) in [5.41, 5.74) is 1.95. The summed E-state index contributed by atoms with van der Waals surface area (Å²) >= 11 is 0. The van der Waals surface area contributed by atoms with E-state index < -0.39 is 17.5 Å². The standard InChI is InChI=1S/C23H27N3O3/c1-16-13-21(25-17(2)19(16)14-24)26-12-10-20(27)23(15-26,22(28)29)11-6-9-18-7-4-3-5-8-18/h3-5,7-8,13,20,27H,6,9-12,15H2,1-2H3,(H,28,29)/t20-,23+/m0/s1. The lowest BCUT2D eigenvalue weighted by Crippen LogP contribution is -2.56. The molecule has 0 spiro atoms. The minimum Gasteiger partial charge on any atom is -0.481 e. The van der Waals surface area contributed by atoms with Gasteiger partial charge in [0.25, 0.3) is 0 Å². The lowest BCUT2D eigenvalue weighted by Gasteiger charge is -2.44. The number of aliphatic hydroxyl groups excluding tert-OH is 1. The summed E-state index contributed by atoms with van der Waals surface area (Å²) in [5, 5.41) is 30.0. The number of aliphatic carboxylic acids is 1. The maximum Gasteiger partial charge on any atom is 0.314 e. The van der Waals surface area contributed by atoms with Gasteiger partial charge in [0.1, 0.15) is 17.3 Å². The lowest BCUT2D eigenvalue weighted by atomic mass is 9.73. The zero-order chi connectivity index (χ0) is 21.0. The van der Waals surface area contributed by atoms with Crippen LogP contribution in [0.3, 0.4) is 0 Å². The Morgan fingerprint density at radius 3 is 2.69 bits per heavy atom. The highest BCUT2D eigenvalue weighted by molar-refractivity contribution is 5.77. The number of nitriles is 1. The highest BCUT2D eigenvalue weighted by Gasteiger charge is 2.49. The van der Waals surface area contributed by atoms with E-state index in [2.05, 4.69) is 11.1 Å². The van der Waals surface area contributed by atoms with E-state index in [1.807, 2.05) is 48.2 Å². The Bertz CT molecular complexity index is 900. The molecule has 6 nitrogen and oxygen atoms in total. The van der Waals surface area contributed by atoms with Crippen molar-refractivity contribution in [3.05, 3.63) is 58.8 Å². The number of carbonyl (C=O) groups is 1. The van der Waals surface area contributed by atoms with Gasteiger partial charge in [0, 0.05) is 13.1 Å². The van der Waals surface area contributed by atoms with Crippen LogP contribution in [-0.2, 0) is 11.2 Å². The second-order valence-electron chi connectivity index (χ2n) is 7.90. The number of anilines is 1. The molecule has 1 aromatic heterocycles. The van der Waals surface area contributed by atoms with Gasteiger partial charge in [-0.1, -0.05) is 30.3 Å². The van der Waals surface area contributed by atoms with E-state index in [1.165, 1.54) is 0 Å². The van der Waals surface area contributed by atoms with Gasteiger partial charge in [0.2, 0.25) is 0 Å². The van der Waals surface area contributed by atoms with Gasteiger partial charge in [-0.15, -0.1) is 0 Å². The van der Waals surface area contributed by atoms with Crippen LogP contribution in [0.15, 0.2) is 36.4 Å². The second kappa shape index (κ2) is 8.62. The van der Waals surface area contributed by atoms with Crippen molar-refractivity contribution >= 4 is 11.8 Å². The Kier molecular flexibility index (Phi) is 6.19. The molecule has 2 heterocycles. The van der Waals surface area contributed by atoms with E-state index in [-0.39, 0.29) is 6.54 Å². The monoisotopic (exact) mass is 393 g/mol. The summed E-state index contributed by atoms with van der Waals surface area (Å²) in [6.45, 7) is 4.39. The Balaban J connectivity index is 1.81. The average molecular weight is 393 g/mol. The predicted octanol–water partition coefficient (Wildman–Crippen LogP) is 3.24. The van der Waals surface area contributed by atoms with Gasteiger partial charge in [-0.25, -0.2) is 4.98 Å². The van der Waals surface area contributed by atoms with Gasteiger partial charge in [-0.2, -0.15) is 5.26 Å². The predicted molar refractivity (Wildman–Crippen MR) is 111 cm³/mol. The van der Waals surface area contributed by atoms with Crippen molar-refractivity contribution in [2.45, 2.75) is 45.6 Å². The molecule has 0 bridgehead atoms. The molecule has 0 amide bonds. The molecule has 2 atom stereocenters. The Labute approximate surface area is 171 Å². The SMILES string of the molecule is Cc1cc(N2CC[C@H](O)[C@](CCCc3ccccc3)(C(=O)O)C2)nc(C)c1C#N. The first kappa shape index (κ1) is 20.8. The molecule has 29 heavy (non-hydrogen) atoms. The Morgan fingerprint density at radius 1 is 1.34 bits per heavy atom. The molecule has 1 aliphatic rings. The fourth-order valence-corrected chi connectivity index (χ4v) is 4.23. The van der Waals surface area contributed by atoms with Crippen LogP contribution >= 0.6 is 0 Å². The van der Waals surface area contributed by atoms with Crippen LogP contribution < -0.4 is 4.90 Å². The number of nitrogens with zero attached hydrogens (tertiary/aromatic N) is 3. The summed E-state index contributed by atoms with van der Waals surface area (Å²) in [6, 6.07) is 14.0. The lowest BCUT2D eigenvalue weighted by molar-refractivity contribution is -0.158. The van der Waals surface area contributed by atoms with Crippen LogP contribution in [0.4, 0.5) is 5.82 Å². The van der Waals surface area contributed by atoms with Crippen molar-refractivity contribution in [2.75, 3.05) is 18.0 Å². The van der Waals surface area contributed by atoms with Crippen LogP contribution in [0.1, 0.15) is 41.6 Å². The summed E-state index contributed by atoms with van der Waals surface area (Å²) < 4.78 is 0. The molecule has 1 aliphatic heterocycles. The van der Waals surface area contributed by atoms with E-state index in [1.54, 1.807) is 6.92 Å². The van der Waals surface area contributed by atoms with Crippen LogP contribution in [0.25, 0.3) is 0 Å². The van der Waals surface area contributed by atoms with Gasteiger partial charge in [0.05, 0.1) is 17.4 Å². The summed E-state index contributed by atoms with van der Waals surface area (Å²) in [6.07, 6.45) is 1.32. The van der Waals surface area contributed by atoms with Crippen LogP contribution in [-0.4, -0.2) is 40.4 Å². The smallest absolute Gasteiger partial charge is 0.314 e. The van der Waals surface area contributed by atoms with E-state index in [9.17, 15) is 20.3 Å². The normalized spacial score (nSPS) is 21.6. The Hall–Kier alpha value is -2.91. The molecule has 152 valence electrons. The van der Waals surface area contributed by atoms with E-state index in [0.29, 0.717) is 42.9 Å². The number of piperidine rings is 1. The number of aromatic nitrogens is 1. The molecule has 2 N–H and O–H groups in total. The number of hydrogen-bond acceptors (Lipinski definition) is 5. The number of aryl methyl sites for hydroxylation is 3. The summed E-state index contributed by atoms with van der Waals surface area (Å²) in [7, 11) is 0. The topological polar surface area (TPSA) is 97.4 Å². The van der Waals surface area contributed by atoms with Crippen LogP contribution in [0.5, 0.6) is 0 Å². The number of aliphatic hydroxyl groups is 1. The highest BCUT2D eigenvalue weighted by Crippen LogP contribution is 2.38. The van der Waals surface area contributed by atoms with Crippen molar-refractivity contribution < 1.29 is 15.0 Å². The zero-order valence-corrected chi connectivity index (χ0v) is 16.9. The van der Waals surface area contributed by atoms with Crippen molar-refractivity contribution in [1.82, 2.24) is 4.98 Å². The number of benzene rings is 1. The van der Waals surface area contributed by atoms with E-state index in [4.69, 9.17) is 0 Å². The van der Waals surface area contributed by atoms with Crippen molar-refractivity contribution in [1.29, 1.82) is 5.26 Å². The molecule has 1 saturated heterocycles. The van der Waals surface area contributed by atoms with Gasteiger partial charge in [0.15, 0.2) is 0 Å². The van der Waals surface area contributed by atoms with Gasteiger partial charge < -0.3 is 15.1 Å². The van der Waals surface area contributed by atoms with E-state index >= 15 is 0 Å². The van der Waals surface area contributed by atoms with Gasteiger partial charge >= 0.3 is 5.97 Å². The molecule has 2 aromatic rings. The first-order chi connectivity index (χ1) is 13.9. The highest BCUT2D eigenvalue weighted by atomic mass is 16.4. The maximum absolute atomic E-state index is 12.3. The molecule has 0 saturated carbocycles. The van der Waals surface area contributed by atoms with Crippen molar-refractivity contribution in [3.8, 4) is 6.07 Å². The fourth-order valence-electron chi connectivity index (χ4n) is 4.23. The molecular weight excluding hydrogens is 366 g/mol. The van der Waals surface area contributed by atoms with E-state index in [0.717, 1.165) is 17.5 Å². The molecule has 0 unspecified atom stereocenters. The molecule has 1 aromatic carbocycles. The maximum atomic E-state index is 12.3. The molecular formula is C23H27N3O3. The molecule has 6 heteroatoms. The number of carboxylic acids is 1. The zero-order valence-electron chi connectivity index (χ0n) is 16.9. The average Bonchev–Trinajstić information content (AvgIpc) is 2.70. The third-order valence-electron chi connectivity index (χ3n) is 5.96. The number of pyridine rings is 1. The first-order valence-corrected chi connectivity index (χ1v) is 9.96. The largest absolute Gasteiger partial charge is 0.481 e. The molecule has 1 fully saturated rings. The summed E-state index contributed by atoms with van der Waals surface area (Å²) in [5.74, 6) is -0.301. The first-order valence-electron chi connectivity index (χ1n) is 9.96. The summed E-state index contributed by atoms with van der Waals surface area (Å²) in [4.78, 5) is 18.8. The minimum absolute atomic E-state index is 0.204. The molecule has 0 aliphatic carbocycles. The fraction of sp³-hybridized carbons (Fsp3) is 0.435. The van der Waals surface area contributed by atoms with Crippen molar-refractivity contribution in [3.63, 3.8) is 0 Å². The number of carboxylic acid groups (broad SMARTS) is 1. The minimum atomic E-state index is -1.23. The number of hydrogen-bond donors (Lipinski definition) is 2. The van der Waals surface area contributed by atoms with Crippen molar-refractivity contribution in [2.24, 2.45) is 5.41 Å². The third-order valence-corrected chi connectivity index (χ3v) is 5.96. The van der Waals surface area contributed by atoms with Gasteiger partial charge in [-0.05, 0) is 56.7 Å². The quantitative estimate of drug-likeness (QED) is 0.782.